The average molecular weight is 449 g/mol. The SMILES string of the molecule is C/C=C/CCc1cc(F)c(-c2ccc3c(F)c(CCc4ccc(F)cc4)ccc3c2)c(F)c1. The summed E-state index contributed by atoms with van der Waals surface area (Å²) in [5.41, 5.74) is 2.33. The van der Waals surface area contributed by atoms with E-state index in [2.05, 4.69) is 0 Å². The minimum Gasteiger partial charge on any atom is -0.207 e. The maximum Gasteiger partial charge on any atom is 0.134 e. The van der Waals surface area contributed by atoms with Crippen molar-refractivity contribution < 1.29 is 17.6 Å². The van der Waals surface area contributed by atoms with Gasteiger partial charge in [-0.3, -0.25) is 0 Å². The number of allylic oxidation sites excluding steroid dienone is 2. The molecule has 0 spiro atoms. The molecule has 0 N–H and O–H groups in total. The van der Waals surface area contributed by atoms with E-state index in [9.17, 15) is 13.2 Å². The molecule has 0 unspecified atom stereocenters. The number of hydrogen-bond acceptors (Lipinski definition) is 0. The topological polar surface area (TPSA) is 0 Å². The number of benzene rings is 4. The molecule has 0 radical (unpaired) electrons. The first-order valence-corrected chi connectivity index (χ1v) is 11.0. The Morgan fingerprint density at radius 2 is 1.42 bits per heavy atom. The van der Waals surface area contributed by atoms with Gasteiger partial charge in [0.2, 0.25) is 0 Å². The zero-order valence-electron chi connectivity index (χ0n) is 18.3. The van der Waals surface area contributed by atoms with Gasteiger partial charge in [-0.15, -0.1) is 0 Å². The minimum atomic E-state index is -0.624. The summed E-state index contributed by atoms with van der Waals surface area (Å²) in [6, 6.07) is 17.1. The zero-order valence-corrected chi connectivity index (χ0v) is 18.3. The van der Waals surface area contributed by atoms with Crippen molar-refractivity contribution in [2.45, 2.75) is 32.6 Å². The molecule has 0 aliphatic carbocycles. The first-order valence-electron chi connectivity index (χ1n) is 11.0. The van der Waals surface area contributed by atoms with Gasteiger partial charge >= 0.3 is 0 Å². The fraction of sp³-hybridized carbons (Fsp3) is 0.172. The van der Waals surface area contributed by atoms with Crippen LogP contribution in [-0.2, 0) is 19.3 Å². The fourth-order valence-corrected chi connectivity index (χ4v) is 4.08. The second-order valence-corrected chi connectivity index (χ2v) is 8.14. The molecule has 0 heterocycles. The van der Waals surface area contributed by atoms with E-state index in [0.717, 1.165) is 5.56 Å². The van der Waals surface area contributed by atoms with Crippen molar-refractivity contribution >= 4 is 10.8 Å². The van der Waals surface area contributed by atoms with Gasteiger partial charge < -0.3 is 0 Å². The van der Waals surface area contributed by atoms with Crippen LogP contribution in [-0.4, -0.2) is 0 Å². The van der Waals surface area contributed by atoms with E-state index in [-0.39, 0.29) is 17.2 Å². The summed E-state index contributed by atoms with van der Waals surface area (Å²) in [5.74, 6) is -1.90. The van der Waals surface area contributed by atoms with E-state index in [1.54, 1.807) is 42.5 Å². The first kappa shape index (κ1) is 22.8. The maximum absolute atomic E-state index is 15.1. The third-order valence-electron chi connectivity index (χ3n) is 5.86. The Hall–Kier alpha value is -3.40. The van der Waals surface area contributed by atoms with E-state index >= 15 is 4.39 Å². The fourth-order valence-electron chi connectivity index (χ4n) is 4.08. The average Bonchev–Trinajstić information content (AvgIpc) is 2.79. The standard InChI is InChI=1S/C29H24F4/c1-2-3-4-5-20-16-26(31)28(27(32)17-20)23-12-15-25-22(18-23)11-10-21(29(25)33)9-6-19-7-13-24(30)14-8-19/h2-3,7-8,10-18H,4-6,9H2,1H3/b3-2+. The van der Waals surface area contributed by atoms with Gasteiger partial charge in [-0.2, -0.15) is 0 Å². The Bertz CT molecular complexity index is 1280. The third kappa shape index (κ3) is 5.16. The van der Waals surface area contributed by atoms with Gasteiger partial charge in [0.25, 0.3) is 0 Å². The van der Waals surface area contributed by atoms with Crippen LogP contribution in [0.15, 0.2) is 78.9 Å². The van der Waals surface area contributed by atoms with E-state index in [1.807, 2.05) is 19.1 Å². The van der Waals surface area contributed by atoms with Gasteiger partial charge in [0, 0.05) is 5.39 Å². The number of hydrogen-bond donors (Lipinski definition) is 0. The number of rotatable bonds is 7. The lowest BCUT2D eigenvalue weighted by Crippen LogP contribution is -1.97. The van der Waals surface area contributed by atoms with Crippen molar-refractivity contribution in [1.29, 1.82) is 0 Å². The number of aryl methyl sites for hydroxylation is 3. The van der Waals surface area contributed by atoms with Gasteiger partial charge in [-0.25, -0.2) is 17.6 Å². The lowest BCUT2D eigenvalue weighted by atomic mass is 9.96. The Morgan fingerprint density at radius 1 is 0.697 bits per heavy atom. The van der Waals surface area contributed by atoms with Crippen molar-refractivity contribution in [2.75, 3.05) is 0 Å². The summed E-state index contributed by atoms with van der Waals surface area (Å²) in [6.45, 7) is 1.90. The number of halogens is 4. The lowest BCUT2D eigenvalue weighted by Gasteiger charge is -2.11. The van der Waals surface area contributed by atoms with Crippen molar-refractivity contribution in [2.24, 2.45) is 0 Å². The molecule has 0 aliphatic rings. The van der Waals surface area contributed by atoms with Gasteiger partial charge in [0.1, 0.15) is 23.3 Å². The van der Waals surface area contributed by atoms with Gasteiger partial charge in [-0.05, 0) is 90.6 Å². The molecule has 0 bridgehead atoms. The van der Waals surface area contributed by atoms with Crippen LogP contribution < -0.4 is 0 Å². The molecule has 0 saturated carbocycles. The molecule has 4 aromatic carbocycles. The summed E-state index contributed by atoms with van der Waals surface area (Å²) < 4.78 is 57.7. The Balaban J connectivity index is 1.60. The molecule has 0 fully saturated rings. The molecule has 168 valence electrons. The van der Waals surface area contributed by atoms with Crippen LogP contribution in [0.1, 0.15) is 30.0 Å². The van der Waals surface area contributed by atoms with Crippen molar-refractivity contribution in [3.63, 3.8) is 0 Å². The second kappa shape index (κ2) is 10.0. The molecule has 0 aromatic heterocycles. The van der Waals surface area contributed by atoms with Gasteiger partial charge in [0.05, 0.1) is 5.56 Å². The Labute approximate surface area is 191 Å². The van der Waals surface area contributed by atoms with Crippen molar-refractivity contribution in [1.82, 2.24) is 0 Å². The van der Waals surface area contributed by atoms with Crippen molar-refractivity contribution in [3.8, 4) is 11.1 Å². The lowest BCUT2D eigenvalue weighted by molar-refractivity contribution is 0.586. The summed E-state index contributed by atoms with van der Waals surface area (Å²) in [6.07, 6.45) is 6.18. The largest absolute Gasteiger partial charge is 0.207 e. The Kier molecular flexibility index (Phi) is 6.93. The number of fused-ring (bicyclic) bond motifs is 1. The summed E-state index contributed by atoms with van der Waals surface area (Å²) in [5, 5.41) is 0.977. The monoisotopic (exact) mass is 448 g/mol. The smallest absolute Gasteiger partial charge is 0.134 e. The van der Waals surface area contributed by atoms with Crippen molar-refractivity contribution in [3.05, 3.63) is 119 Å². The van der Waals surface area contributed by atoms with Crippen LogP contribution in [0, 0.1) is 23.3 Å². The molecule has 33 heavy (non-hydrogen) atoms. The Morgan fingerprint density at radius 3 is 2.12 bits per heavy atom. The highest BCUT2D eigenvalue weighted by molar-refractivity contribution is 5.88. The summed E-state index contributed by atoms with van der Waals surface area (Å²) >= 11 is 0. The highest BCUT2D eigenvalue weighted by Gasteiger charge is 2.15. The molecule has 4 heteroatoms. The van der Waals surface area contributed by atoms with Gasteiger partial charge in [0.15, 0.2) is 0 Å². The molecule has 0 nitrogen and oxygen atoms in total. The van der Waals surface area contributed by atoms with Crippen LogP contribution in [0.2, 0.25) is 0 Å². The maximum atomic E-state index is 15.1. The highest BCUT2D eigenvalue weighted by Crippen LogP contribution is 2.32. The van der Waals surface area contributed by atoms with E-state index in [4.69, 9.17) is 0 Å². The van der Waals surface area contributed by atoms with Crippen LogP contribution in [0.5, 0.6) is 0 Å². The van der Waals surface area contributed by atoms with Crippen LogP contribution in [0.25, 0.3) is 21.9 Å². The summed E-state index contributed by atoms with van der Waals surface area (Å²) in [7, 11) is 0. The quantitative estimate of drug-likeness (QED) is 0.197. The van der Waals surface area contributed by atoms with E-state index in [0.29, 0.717) is 53.1 Å². The normalized spacial score (nSPS) is 11.5. The molecular formula is C29H24F4. The molecule has 0 aliphatic heterocycles. The predicted octanol–water partition coefficient (Wildman–Crippen LogP) is 8.36. The molecule has 4 rings (SSSR count). The van der Waals surface area contributed by atoms with E-state index in [1.165, 1.54) is 24.3 Å². The highest BCUT2D eigenvalue weighted by atomic mass is 19.1. The molecule has 0 amide bonds. The minimum absolute atomic E-state index is 0.104. The zero-order chi connectivity index (χ0) is 23.4. The first-order chi connectivity index (χ1) is 16.0. The van der Waals surface area contributed by atoms with E-state index < -0.39 is 11.6 Å². The van der Waals surface area contributed by atoms with Gasteiger partial charge in [-0.1, -0.05) is 48.6 Å². The summed E-state index contributed by atoms with van der Waals surface area (Å²) in [4.78, 5) is 0. The molecular weight excluding hydrogens is 424 g/mol. The van der Waals surface area contributed by atoms with Crippen LogP contribution >= 0.6 is 0 Å². The molecule has 0 saturated heterocycles. The second-order valence-electron chi connectivity index (χ2n) is 8.14. The predicted molar refractivity (Wildman–Crippen MR) is 126 cm³/mol. The third-order valence-corrected chi connectivity index (χ3v) is 5.86. The van der Waals surface area contributed by atoms with Crippen LogP contribution in [0.4, 0.5) is 17.6 Å². The molecule has 4 aromatic rings. The van der Waals surface area contributed by atoms with Crippen LogP contribution in [0.3, 0.4) is 0 Å². The molecule has 0 atom stereocenters.